The lowest BCUT2D eigenvalue weighted by Gasteiger charge is -2.12. The zero-order valence-corrected chi connectivity index (χ0v) is 30.4. The van der Waals surface area contributed by atoms with Crippen LogP contribution in [-0.4, -0.2) is 22.7 Å². The van der Waals surface area contributed by atoms with E-state index in [1.165, 1.54) is 0 Å². The van der Waals surface area contributed by atoms with Gasteiger partial charge in [-0.15, -0.1) is 13.8 Å². The van der Waals surface area contributed by atoms with Gasteiger partial charge in [-0.2, -0.15) is 25.6 Å². The van der Waals surface area contributed by atoms with Crippen molar-refractivity contribution in [2.24, 2.45) is 30.7 Å². The van der Waals surface area contributed by atoms with E-state index in [1.54, 1.807) is 67.8 Å². The molecule has 54 heavy (non-hydrogen) atoms. The van der Waals surface area contributed by atoms with Crippen LogP contribution in [0.15, 0.2) is 150 Å². The van der Waals surface area contributed by atoms with Crippen LogP contribution in [0.1, 0.15) is 11.1 Å². The molecule has 0 aliphatic heterocycles. The van der Waals surface area contributed by atoms with Crippen molar-refractivity contribution in [1.82, 2.24) is 0 Å². The number of phenolic OH excluding ortho intramolecular Hbond substituents is 1. The van der Waals surface area contributed by atoms with Crippen LogP contribution in [0.25, 0.3) is 10.8 Å². The fraction of sp³-hybridized carbons (Fsp3) is 0.0811. The Hall–Kier alpha value is -5.76. The number of ether oxygens (including phenoxy) is 1. The van der Waals surface area contributed by atoms with Crippen LogP contribution in [0.3, 0.4) is 0 Å². The van der Waals surface area contributed by atoms with Crippen molar-refractivity contribution in [3.8, 4) is 11.5 Å². The number of anilines is 2. The number of hydrogen-bond acceptors (Lipinski definition) is 17. The molecule has 4 N–H and O–H groups in total. The second-order valence-corrected chi connectivity index (χ2v) is 12.9. The zero-order valence-electron chi connectivity index (χ0n) is 28.8. The molecule has 0 atom stereocenters. The first-order valence-corrected chi connectivity index (χ1v) is 17.4. The van der Waals surface area contributed by atoms with Gasteiger partial charge in [-0.25, -0.2) is 10.5 Å². The normalized spacial score (nSPS) is 11.7. The van der Waals surface area contributed by atoms with Crippen LogP contribution in [0.4, 0.5) is 45.5 Å². The summed E-state index contributed by atoms with van der Waals surface area (Å²) in [5.74, 6) is 0.618. The van der Waals surface area contributed by atoms with Gasteiger partial charge in [-0.3, -0.25) is 0 Å². The molecule has 0 amide bonds. The van der Waals surface area contributed by atoms with E-state index in [9.17, 15) is 5.11 Å². The Morgan fingerprint density at radius 2 is 1.11 bits per heavy atom. The lowest BCUT2D eigenvalue weighted by atomic mass is 10.1. The summed E-state index contributed by atoms with van der Waals surface area (Å²) in [5.41, 5.74) is 6.41. The maximum atomic E-state index is 11.3. The molecule has 6 rings (SSSR count). The van der Waals surface area contributed by atoms with Gasteiger partial charge >= 0.3 is 0 Å². The molecule has 0 radical (unpaired) electrons. The van der Waals surface area contributed by atoms with E-state index >= 15 is 0 Å². The maximum absolute atomic E-state index is 11.3. The number of aryl methyl sites for hydroxylation is 2. The summed E-state index contributed by atoms with van der Waals surface area (Å²) >= 11 is 1.53. The highest BCUT2D eigenvalue weighted by Crippen LogP contribution is 2.45. The van der Waals surface area contributed by atoms with Gasteiger partial charge in [0.2, 0.25) is 0 Å². The summed E-state index contributed by atoms with van der Waals surface area (Å²) in [4.78, 5) is 1.06. The first-order chi connectivity index (χ1) is 26.3. The first-order valence-electron chi connectivity index (χ1n) is 15.9. The number of phenols is 1. The van der Waals surface area contributed by atoms with Crippen molar-refractivity contribution >= 4 is 80.4 Å². The van der Waals surface area contributed by atoms with Crippen molar-refractivity contribution in [2.45, 2.75) is 23.6 Å². The highest BCUT2D eigenvalue weighted by atomic mass is 32.2. The maximum Gasteiger partial charge on any atom is 0.152 e. The Bertz CT molecular complexity index is 2310. The quantitative estimate of drug-likeness (QED) is 0.0336. The Balaban J connectivity index is 1.16. The van der Waals surface area contributed by atoms with E-state index < -0.39 is 0 Å². The number of nitrogens with one attached hydrogen (secondary N) is 1. The van der Waals surface area contributed by atoms with Crippen molar-refractivity contribution < 1.29 is 39.1 Å². The van der Waals surface area contributed by atoms with Crippen LogP contribution in [0, 0.1) is 13.8 Å². The fourth-order valence-corrected chi connectivity index (χ4v) is 5.87. The van der Waals surface area contributed by atoms with Crippen molar-refractivity contribution in [1.29, 1.82) is 0 Å². The molecule has 0 aromatic heterocycles. The van der Waals surface area contributed by atoms with Crippen LogP contribution in [0.2, 0.25) is 0 Å². The number of azo groups is 3. The highest BCUT2D eigenvalue weighted by molar-refractivity contribution is 7.94. The Kier molecular flexibility index (Phi) is 12.9. The number of nitrogens with zero attached hydrogens (tertiary/aromatic N) is 6. The predicted molar refractivity (Wildman–Crippen MR) is 205 cm³/mol. The second-order valence-electron chi connectivity index (χ2n) is 11.3. The number of benzene rings is 6. The van der Waals surface area contributed by atoms with Gasteiger partial charge in [0.25, 0.3) is 0 Å². The highest BCUT2D eigenvalue weighted by Gasteiger charge is 2.16. The molecule has 15 nitrogen and oxygen atoms in total. The standard InChI is InChI=1S/C37H31N7O8S2/c1-22-19-34(23(2)18-33(22)42-41-27-6-4-26(5-7-27)39-40-28-10-15-31(16-11-28)53-51-49-46)43-44-36-35(54-52-50-47)21-24-20-29(12-17-32(24)37(36)45)38-25-8-13-30(48-3)14-9-25/h4-21,38,45-47H,1-3H3. The zero-order chi connectivity index (χ0) is 37.9. The number of hydrogen-bond donors (Lipinski definition) is 4. The molecular formula is C37H31N7O8S2. The molecule has 6 aromatic carbocycles. The smallest absolute Gasteiger partial charge is 0.152 e. The Labute approximate surface area is 317 Å². The minimum absolute atomic E-state index is 0.126. The molecule has 0 unspecified atom stereocenters. The van der Waals surface area contributed by atoms with Crippen LogP contribution < -0.4 is 10.1 Å². The molecule has 0 saturated heterocycles. The molecule has 6 aromatic rings. The Morgan fingerprint density at radius 1 is 0.574 bits per heavy atom. The van der Waals surface area contributed by atoms with Gasteiger partial charge in [-0.05, 0) is 140 Å². The minimum atomic E-state index is -0.127. The summed E-state index contributed by atoms with van der Waals surface area (Å²) in [7, 11) is 1.61. The van der Waals surface area contributed by atoms with Crippen molar-refractivity contribution in [2.75, 3.05) is 12.4 Å². The molecular weight excluding hydrogens is 735 g/mol. The van der Waals surface area contributed by atoms with Gasteiger partial charge in [0.1, 0.15) is 11.4 Å². The van der Waals surface area contributed by atoms with Crippen LogP contribution in [-0.2, 0) is 18.7 Å². The van der Waals surface area contributed by atoms with Crippen LogP contribution >= 0.6 is 24.1 Å². The molecule has 0 aliphatic rings. The number of fused-ring (bicyclic) bond motifs is 1. The monoisotopic (exact) mass is 765 g/mol. The SMILES string of the molecule is COc1ccc(Nc2ccc3c(O)c(N=Nc4cc(C)c(N=Nc5ccc(N=Nc6ccc(SOOO)cc6)cc5)cc4C)c(SOOO)cc3c2)cc1. The fourth-order valence-electron chi connectivity index (χ4n) is 5.02. The van der Waals surface area contributed by atoms with E-state index in [0.717, 1.165) is 40.3 Å². The molecule has 17 heteroatoms. The first kappa shape index (κ1) is 38.0. The molecule has 0 spiro atoms. The molecule has 274 valence electrons. The van der Waals surface area contributed by atoms with Gasteiger partial charge in [0.05, 0.1) is 64.5 Å². The minimum Gasteiger partial charge on any atom is -0.505 e. The van der Waals surface area contributed by atoms with Crippen molar-refractivity contribution in [3.05, 3.63) is 120 Å². The summed E-state index contributed by atoms with van der Waals surface area (Å²) < 4.78 is 14.4. The van der Waals surface area contributed by atoms with E-state index in [-0.39, 0.29) is 11.4 Å². The van der Waals surface area contributed by atoms with E-state index in [1.807, 2.05) is 62.4 Å². The second kappa shape index (κ2) is 18.3. The van der Waals surface area contributed by atoms with E-state index in [0.29, 0.717) is 61.0 Å². The third kappa shape index (κ3) is 9.81. The lowest BCUT2D eigenvalue weighted by molar-refractivity contribution is -0.432. The third-order valence-corrected chi connectivity index (χ3v) is 8.97. The Morgan fingerprint density at radius 3 is 1.70 bits per heavy atom. The number of rotatable bonds is 15. The van der Waals surface area contributed by atoms with Gasteiger partial charge in [0.15, 0.2) is 5.75 Å². The summed E-state index contributed by atoms with van der Waals surface area (Å²) in [5, 5.41) is 66.5. The molecule has 0 bridgehead atoms. The summed E-state index contributed by atoms with van der Waals surface area (Å²) in [6, 6.07) is 32.5. The summed E-state index contributed by atoms with van der Waals surface area (Å²) in [6.45, 7) is 3.75. The number of aromatic hydroxyl groups is 1. The summed E-state index contributed by atoms with van der Waals surface area (Å²) in [6.07, 6.45) is 0. The third-order valence-electron chi connectivity index (χ3n) is 7.76. The van der Waals surface area contributed by atoms with Gasteiger partial charge in [0, 0.05) is 21.7 Å². The average Bonchev–Trinajstić information content (AvgIpc) is 3.19. The molecule has 0 heterocycles. The van der Waals surface area contributed by atoms with Crippen molar-refractivity contribution in [3.63, 3.8) is 0 Å². The topological polar surface area (TPSA) is 193 Å². The van der Waals surface area contributed by atoms with Gasteiger partial charge < -0.3 is 15.2 Å². The van der Waals surface area contributed by atoms with Crippen LogP contribution in [0.5, 0.6) is 11.5 Å². The molecule has 0 aliphatic carbocycles. The number of methoxy groups -OCH3 is 1. The average molecular weight is 766 g/mol. The van der Waals surface area contributed by atoms with E-state index in [4.69, 9.17) is 19.6 Å². The molecule has 0 fully saturated rings. The lowest BCUT2D eigenvalue weighted by Crippen LogP contribution is -1.91. The molecule has 0 saturated carbocycles. The van der Waals surface area contributed by atoms with Gasteiger partial charge in [-0.1, -0.05) is 10.1 Å². The largest absolute Gasteiger partial charge is 0.505 e. The van der Waals surface area contributed by atoms with E-state index in [2.05, 4.69) is 50.4 Å². The predicted octanol–water partition coefficient (Wildman–Crippen LogP) is 13.0.